The van der Waals surface area contributed by atoms with Crippen molar-refractivity contribution < 1.29 is 13.5 Å². The zero-order chi connectivity index (χ0) is 19.0. The molecule has 1 nitrogen and oxygen atoms in total. The molecule has 0 radical (unpaired) electrons. The number of ether oxygens (including phenoxy) is 1. The number of halogens is 2. The number of rotatable bonds is 3. The molecule has 134 valence electrons. The monoisotopic (exact) mass is 360 g/mol. The van der Waals surface area contributed by atoms with Crippen LogP contribution in [0, 0.1) is 18.6 Å². The maximum Gasteiger partial charge on any atom is 0.134 e. The van der Waals surface area contributed by atoms with E-state index < -0.39 is 0 Å². The van der Waals surface area contributed by atoms with E-state index in [1.54, 1.807) is 37.4 Å². The largest absolute Gasteiger partial charge is 0.495 e. The number of hydrogen-bond donors (Lipinski definition) is 0. The molecule has 4 aromatic rings. The minimum atomic E-state index is -0.309. The average molecular weight is 360 g/mol. The Kier molecular flexibility index (Phi) is 4.36. The van der Waals surface area contributed by atoms with Crippen LogP contribution in [0.3, 0.4) is 0 Å². The first-order valence-corrected chi connectivity index (χ1v) is 8.72. The van der Waals surface area contributed by atoms with Crippen molar-refractivity contribution in [1.82, 2.24) is 0 Å². The highest BCUT2D eigenvalue weighted by Gasteiger charge is 2.17. The van der Waals surface area contributed by atoms with Gasteiger partial charge >= 0.3 is 0 Å². The first-order valence-electron chi connectivity index (χ1n) is 8.72. The molecule has 4 aromatic carbocycles. The normalized spacial score (nSPS) is 11.0. The number of methoxy groups -OCH3 is 1. The maximum atomic E-state index is 14.5. The number of benzene rings is 4. The Hall–Kier alpha value is -3.20. The summed E-state index contributed by atoms with van der Waals surface area (Å²) < 4.78 is 34.5. The van der Waals surface area contributed by atoms with Crippen LogP contribution in [0.5, 0.6) is 5.75 Å². The number of aryl methyl sites for hydroxylation is 1. The third kappa shape index (κ3) is 2.85. The van der Waals surface area contributed by atoms with E-state index in [0.717, 1.165) is 21.9 Å². The Balaban J connectivity index is 2.06. The van der Waals surface area contributed by atoms with E-state index in [4.69, 9.17) is 4.74 Å². The molecule has 0 aromatic heterocycles. The van der Waals surface area contributed by atoms with Crippen molar-refractivity contribution in [3.8, 4) is 28.0 Å². The second-order valence-electron chi connectivity index (χ2n) is 6.46. The molecule has 0 aliphatic carbocycles. The molecule has 3 heteroatoms. The smallest absolute Gasteiger partial charge is 0.134 e. The molecule has 0 aliphatic rings. The molecule has 0 aliphatic heterocycles. The fourth-order valence-electron chi connectivity index (χ4n) is 3.62. The Morgan fingerprint density at radius 2 is 1.22 bits per heavy atom. The summed E-state index contributed by atoms with van der Waals surface area (Å²) in [7, 11) is 1.57. The van der Waals surface area contributed by atoms with Gasteiger partial charge in [0.15, 0.2) is 0 Å². The predicted molar refractivity (Wildman–Crippen MR) is 106 cm³/mol. The van der Waals surface area contributed by atoms with Gasteiger partial charge in [-0.05, 0) is 41.6 Å². The third-order valence-electron chi connectivity index (χ3n) is 4.87. The van der Waals surface area contributed by atoms with Crippen LogP contribution in [0.1, 0.15) is 5.56 Å². The molecule has 0 fully saturated rings. The van der Waals surface area contributed by atoms with Crippen LogP contribution < -0.4 is 4.74 Å². The van der Waals surface area contributed by atoms with Gasteiger partial charge in [0.2, 0.25) is 0 Å². The minimum Gasteiger partial charge on any atom is -0.495 e. The van der Waals surface area contributed by atoms with Gasteiger partial charge in [0, 0.05) is 22.1 Å². The van der Waals surface area contributed by atoms with Crippen LogP contribution >= 0.6 is 0 Å². The van der Waals surface area contributed by atoms with Gasteiger partial charge in [-0.15, -0.1) is 0 Å². The third-order valence-corrected chi connectivity index (χ3v) is 4.87. The molecular formula is C24H18F2O. The zero-order valence-electron chi connectivity index (χ0n) is 15.1. The van der Waals surface area contributed by atoms with Gasteiger partial charge in [0.05, 0.1) is 7.11 Å². The Labute approximate surface area is 156 Å². The molecule has 4 rings (SSSR count). The fourth-order valence-corrected chi connectivity index (χ4v) is 3.62. The van der Waals surface area contributed by atoms with E-state index >= 15 is 0 Å². The topological polar surface area (TPSA) is 9.23 Å². The van der Waals surface area contributed by atoms with Crippen molar-refractivity contribution in [2.45, 2.75) is 6.92 Å². The van der Waals surface area contributed by atoms with Crippen LogP contribution in [0.4, 0.5) is 8.78 Å². The summed E-state index contributed by atoms with van der Waals surface area (Å²) >= 11 is 0. The Bertz CT molecular complexity index is 1150. The quantitative estimate of drug-likeness (QED) is 0.392. The molecular weight excluding hydrogens is 342 g/mol. The van der Waals surface area contributed by atoms with Gasteiger partial charge in [-0.3, -0.25) is 0 Å². The molecule has 0 atom stereocenters. The van der Waals surface area contributed by atoms with E-state index in [1.165, 1.54) is 12.1 Å². The second-order valence-corrected chi connectivity index (χ2v) is 6.46. The van der Waals surface area contributed by atoms with Crippen molar-refractivity contribution in [2.75, 3.05) is 7.11 Å². The summed E-state index contributed by atoms with van der Waals surface area (Å²) in [5.41, 5.74) is 3.48. The molecule has 0 N–H and O–H groups in total. The summed E-state index contributed by atoms with van der Waals surface area (Å²) in [5.74, 6) is -0.00275. The lowest BCUT2D eigenvalue weighted by Gasteiger charge is -2.17. The lowest BCUT2D eigenvalue weighted by molar-refractivity contribution is 0.421. The van der Waals surface area contributed by atoms with Crippen LogP contribution in [0.15, 0.2) is 72.8 Å². The number of fused-ring (bicyclic) bond motifs is 1. The molecule has 0 amide bonds. The Morgan fingerprint density at radius 3 is 1.85 bits per heavy atom. The highest BCUT2D eigenvalue weighted by molar-refractivity contribution is 6.04. The zero-order valence-corrected chi connectivity index (χ0v) is 15.1. The van der Waals surface area contributed by atoms with E-state index in [-0.39, 0.29) is 11.6 Å². The summed E-state index contributed by atoms with van der Waals surface area (Å²) in [4.78, 5) is 0. The highest BCUT2D eigenvalue weighted by Crippen LogP contribution is 2.42. The lowest BCUT2D eigenvalue weighted by atomic mass is 9.91. The second kappa shape index (κ2) is 6.84. The molecule has 0 saturated carbocycles. The lowest BCUT2D eigenvalue weighted by Crippen LogP contribution is -1.95. The molecule has 0 unspecified atom stereocenters. The average Bonchev–Trinajstić information content (AvgIpc) is 2.68. The van der Waals surface area contributed by atoms with Gasteiger partial charge in [-0.2, -0.15) is 0 Å². The molecule has 0 spiro atoms. The van der Waals surface area contributed by atoms with E-state index in [2.05, 4.69) is 0 Å². The summed E-state index contributed by atoms with van der Waals surface area (Å²) in [6.07, 6.45) is 0. The van der Waals surface area contributed by atoms with Crippen molar-refractivity contribution in [1.29, 1.82) is 0 Å². The standard InChI is InChI=1S/C24H18F2O/c1-15-11-12-19-17(23(15)20-8-4-6-10-22(20)26)13-14-18(24(19)27-2)16-7-3-5-9-21(16)25/h3-14H,1-2H3. The summed E-state index contributed by atoms with van der Waals surface area (Å²) in [6, 6.07) is 21.0. The van der Waals surface area contributed by atoms with Gasteiger partial charge in [-0.25, -0.2) is 8.78 Å². The van der Waals surface area contributed by atoms with Gasteiger partial charge in [0.1, 0.15) is 17.4 Å². The van der Waals surface area contributed by atoms with Crippen molar-refractivity contribution in [3.05, 3.63) is 90.0 Å². The van der Waals surface area contributed by atoms with Gasteiger partial charge in [0.25, 0.3) is 0 Å². The van der Waals surface area contributed by atoms with Crippen molar-refractivity contribution >= 4 is 10.8 Å². The summed E-state index contributed by atoms with van der Waals surface area (Å²) in [6.45, 7) is 1.96. The predicted octanol–water partition coefficient (Wildman–Crippen LogP) is 6.77. The Morgan fingerprint density at radius 1 is 0.630 bits per heavy atom. The SMILES string of the molecule is COc1c(-c2ccccc2F)ccc2c(-c3ccccc3F)c(C)ccc12. The van der Waals surface area contributed by atoms with E-state index in [9.17, 15) is 8.78 Å². The summed E-state index contributed by atoms with van der Waals surface area (Å²) in [5, 5.41) is 1.69. The molecule has 27 heavy (non-hydrogen) atoms. The molecule has 0 heterocycles. The van der Waals surface area contributed by atoms with Gasteiger partial charge in [-0.1, -0.05) is 54.6 Å². The van der Waals surface area contributed by atoms with Crippen LogP contribution in [0.25, 0.3) is 33.0 Å². The first-order chi connectivity index (χ1) is 13.1. The van der Waals surface area contributed by atoms with Crippen LogP contribution in [-0.4, -0.2) is 7.11 Å². The van der Waals surface area contributed by atoms with Crippen molar-refractivity contribution in [3.63, 3.8) is 0 Å². The highest BCUT2D eigenvalue weighted by atomic mass is 19.1. The first kappa shape index (κ1) is 17.2. The molecule has 0 saturated heterocycles. The van der Waals surface area contributed by atoms with E-state index in [1.807, 2.05) is 37.3 Å². The fraction of sp³-hybridized carbons (Fsp3) is 0.0833. The molecule has 0 bridgehead atoms. The minimum absolute atomic E-state index is 0.273. The van der Waals surface area contributed by atoms with E-state index in [0.29, 0.717) is 22.4 Å². The van der Waals surface area contributed by atoms with Crippen LogP contribution in [-0.2, 0) is 0 Å². The number of hydrogen-bond acceptors (Lipinski definition) is 1. The van der Waals surface area contributed by atoms with Gasteiger partial charge < -0.3 is 4.74 Å². The maximum absolute atomic E-state index is 14.5. The van der Waals surface area contributed by atoms with Crippen LogP contribution in [0.2, 0.25) is 0 Å². The van der Waals surface area contributed by atoms with Crippen molar-refractivity contribution in [2.24, 2.45) is 0 Å².